The second kappa shape index (κ2) is 6.06. The fourth-order valence-electron chi connectivity index (χ4n) is 2.13. The van der Waals surface area contributed by atoms with E-state index < -0.39 is 0 Å². The fourth-order valence-corrected chi connectivity index (χ4v) is 2.24. The highest BCUT2D eigenvalue weighted by atomic mass is 32.1. The van der Waals surface area contributed by atoms with Crippen LogP contribution < -0.4 is 10.6 Å². The summed E-state index contributed by atoms with van der Waals surface area (Å²) in [5.74, 6) is 0.685. The Morgan fingerprint density at radius 2 is 2.50 bits per heavy atom. The number of piperidine rings is 1. The average molecular weight is 266 g/mol. The standard InChI is InChI=1S/C12H18N4OS/c1-2-17-9-4-3-7-16(8-9)12-14-6-5-10(15-12)11(13)18/h5-6,9H,2-4,7-8H2,1H3,(H2,13,18). The second-order valence-corrected chi connectivity index (χ2v) is 4.71. The van der Waals surface area contributed by atoms with Crippen molar-refractivity contribution in [3.63, 3.8) is 0 Å². The lowest BCUT2D eigenvalue weighted by molar-refractivity contribution is 0.0523. The smallest absolute Gasteiger partial charge is 0.226 e. The highest BCUT2D eigenvalue weighted by Gasteiger charge is 2.22. The molecular formula is C12H18N4OS. The first-order valence-electron chi connectivity index (χ1n) is 6.20. The molecule has 0 aromatic carbocycles. The van der Waals surface area contributed by atoms with Crippen LogP contribution in [0.25, 0.3) is 0 Å². The van der Waals surface area contributed by atoms with Gasteiger partial charge < -0.3 is 15.4 Å². The summed E-state index contributed by atoms with van der Waals surface area (Å²) in [6.07, 6.45) is 4.15. The van der Waals surface area contributed by atoms with E-state index in [0.717, 1.165) is 32.5 Å². The van der Waals surface area contributed by atoms with Gasteiger partial charge in [-0.15, -0.1) is 0 Å². The molecule has 0 radical (unpaired) electrons. The molecule has 1 saturated heterocycles. The summed E-state index contributed by atoms with van der Waals surface area (Å²) in [6, 6.07) is 1.73. The molecule has 0 amide bonds. The number of aromatic nitrogens is 2. The minimum atomic E-state index is 0.265. The molecular weight excluding hydrogens is 248 g/mol. The van der Waals surface area contributed by atoms with Crippen molar-refractivity contribution in [3.05, 3.63) is 18.0 Å². The first-order chi connectivity index (χ1) is 8.70. The molecule has 0 bridgehead atoms. The summed E-state index contributed by atoms with van der Waals surface area (Å²) in [7, 11) is 0. The Hall–Kier alpha value is -1.27. The van der Waals surface area contributed by atoms with E-state index in [2.05, 4.69) is 14.9 Å². The van der Waals surface area contributed by atoms with Crippen LogP contribution in [0.5, 0.6) is 0 Å². The van der Waals surface area contributed by atoms with Gasteiger partial charge in [-0.3, -0.25) is 0 Å². The number of thiocarbonyl (C=S) groups is 1. The fraction of sp³-hybridized carbons (Fsp3) is 0.583. The van der Waals surface area contributed by atoms with Crippen molar-refractivity contribution in [3.8, 4) is 0 Å². The van der Waals surface area contributed by atoms with E-state index in [9.17, 15) is 0 Å². The quantitative estimate of drug-likeness (QED) is 0.824. The molecule has 1 atom stereocenters. The number of rotatable bonds is 4. The predicted molar refractivity (Wildman–Crippen MR) is 74.8 cm³/mol. The molecule has 0 spiro atoms. The van der Waals surface area contributed by atoms with Crippen LogP contribution in [0.1, 0.15) is 25.5 Å². The van der Waals surface area contributed by atoms with E-state index in [-0.39, 0.29) is 6.10 Å². The zero-order chi connectivity index (χ0) is 13.0. The maximum Gasteiger partial charge on any atom is 0.226 e. The number of hydrogen-bond donors (Lipinski definition) is 1. The van der Waals surface area contributed by atoms with Gasteiger partial charge in [0.1, 0.15) is 10.7 Å². The minimum absolute atomic E-state index is 0.265. The van der Waals surface area contributed by atoms with Crippen LogP contribution in [0.15, 0.2) is 12.3 Å². The first-order valence-corrected chi connectivity index (χ1v) is 6.61. The van der Waals surface area contributed by atoms with E-state index in [1.807, 2.05) is 6.92 Å². The van der Waals surface area contributed by atoms with Crippen molar-refractivity contribution in [1.82, 2.24) is 9.97 Å². The number of nitrogens with two attached hydrogens (primary N) is 1. The molecule has 2 N–H and O–H groups in total. The highest BCUT2D eigenvalue weighted by molar-refractivity contribution is 7.80. The summed E-state index contributed by atoms with van der Waals surface area (Å²) in [6.45, 7) is 4.54. The van der Waals surface area contributed by atoms with Gasteiger partial charge in [0.25, 0.3) is 0 Å². The van der Waals surface area contributed by atoms with Gasteiger partial charge in [0, 0.05) is 25.9 Å². The van der Waals surface area contributed by atoms with Crippen LogP contribution in [-0.4, -0.2) is 40.8 Å². The van der Waals surface area contributed by atoms with E-state index in [1.54, 1.807) is 12.3 Å². The van der Waals surface area contributed by atoms with E-state index in [0.29, 0.717) is 16.6 Å². The first kappa shape index (κ1) is 13.2. The molecule has 1 aromatic heterocycles. The number of anilines is 1. The van der Waals surface area contributed by atoms with Crippen LogP contribution in [0.3, 0.4) is 0 Å². The van der Waals surface area contributed by atoms with Gasteiger partial charge in [-0.1, -0.05) is 12.2 Å². The average Bonchev–Trinajstić information content (AvgIpc) is 2.39. The molecule has 0 saturated carbocycles. The molecule has 2 heterocycles. The van der Waals surface area contributed by atoms with Crippen molar-refractivity contribution in [1.29, 1.82) is 0 Å². The Labute approximate surface area is 112 Å². The summed E-state index contributed by atoms with van der Waals surface area (Å²) >= 11 is 4.93. The van der Waals surface area contributed by atoms with Crippen LogP contribution in [0.2, 0.25) is 0 Å². The summed E-state index contributed by atoms with van der Waals surface area (Å²) in [5, 5.41) is 0. The monoisotopic (exact) mass is 266 g/mol. The molecule has 0 aliphatic carbocycles. The van der Waals surface area contributed by atoms with Crippen molar-refractivity contribution in [2.45, 2.75) is 25.9 Å². The zero-order valence-electron chi connectivity index (χ0n) is 10.5. The summed E-state index contributed by atoms with van der Waals surface area (Å²) in [4.78, 5) is 11.1. The zero-order valence-corrected chi connectivity index (χ0v) is 11.3. The van der Waals surface area contributed by atoms with Gasteiger partial charge in [-0.25, -0.2) is 9.97 Å². The number of ether oxygens (including phenoxy) is 1. The van der Waals surface area contributed by atoms with Crippen LogP contribution in [0, 0.1) is 0 Å². The third-order valence-electron chi connectivity index (χ3n) is 2.96. The highest BCUT2D eigenvalue weighted by Crippen LogP contribution is 2.17. The SMILES string of the molecule is CCOC1CCCN(c2nccc(C(N)=S)n2)C1. The van der Waals surface area contributed by atoms with Gasteiger partial charge in [0.05, 0.1) is 6.10 Å². The molecule has 1 unspecified atom stereocenters. The Bertz CT molecular complexity index is 424. The van der Waals surface area contributed by atoms with E-state index in [4.69, 9.17) is 22.7 Å². The molecule has 6 heteroatoms. The van der Waals surface area contributed by atoms with Gasteiger partial charge >= 0.3 is 0 Å². The molecule has 18 heavy (non-hydrogen) atoms. The molecule has 5 nitrogen and oxygen atoms in total. The van der Waals surface area contributed by atoms with Crippen molar-refractivity contribution >= 4 is 23.2 Å². The maximum atomic E-state index is 5.66. The lowest BCUT2D eigenvalue weighted by Crippen LogP contribution is -2.40. The Balaban J connectivity index is 2.10. The molecule has 98 valence electrons. The minimum Gasteiger partial charge on any atom is -0.388 e. The Kier molecular flexibility index (Phi) is 4.43. The van der Waals surface area contributed by atoms with Crippen LogP contribution >= 0.6 is 12.2 Å². The van der Waals surface area contributed by atoms with Crippen LogP contribution in [-0.2, 0) is 4.74 Å². The molecule has 1 aliphatic heterocycles. The third-order valence-corrected chi connectivity index (χ3v) is 3.17. The second-order valence-electron chi connectivity index (χ2n) is 4.27. The maximum absolute atomic E-state index is 5.66. The van der Waals surface area contributed by atoms with Gasteiger partial charge in [0.15, 0.2) is 0 Å². The topological polar surface area (TPSA) is 64.3 Å². The third kappa shape index (κ3) is 3.14. The number of hydrogen-bond acceptors (Lipinski definition) is 5. The van der Waals surface area contributed by atoms with Gasteiger partial charge in [-0.2, -0.15) is 0 Å². The lowest BCUT2D eigenvalue weighted by atomic mass is 10.1. The normalized spacial score (nSPS) is 19.8. The van der Waals surface area contributed by atoms with Crippen LogP contribution in [0.4, 0.5) is 5.95 Å². The molecule has 1 aliphatic rings. The largest absolute Gasteiger partial charge is 0.388 e. The van der Waals surface area contributed by atoms with Crippen molar-refractivity contribution in [2.24, 2.45) is 5.73 Å². The van der Waals surface area contributed by atoms with Crippen molar-refractivity contribution in [2.75, 3.05) is 24.6 Å². The summed E-state index contributed by atoms with van der Waals surface area (Å²) < 4.78 is 5.66. The Morgan fingerprint density at radius 3 is 3.22 bits per heavy atom. The molecule has 1 aromatic rings. The van der Waals surface area contributed by atoms with E-state index >= 15 is 0 Å². The molecule has 2 rings (SSSR count). The van der Waals surface area contributed by atoms with Gasteiger partial charge in [0.2, 0.25) is 5.95 Å². The number of nitrogens with zero attached hydrogens (tertiary/aromatic N) is 3. The predicted octanol–water partition coefficient (Wildman–Crippen LogP) is 1.12. The lowest BCUT2D eigenvalue weighted by Gasteiger charge is -2.32. The van der Waals surface area contributed by atoms with E-state index in [1.165, 1.54) is 0 Å². The van der Waals surface area contributed by atoms with Crippen molar-refractivity contribution < 1.29 is 4.74 Å². The summed E-state index contributed by atoms with van der Waals surface area (Å²) in [5.41, 5.74) is 6.20. The molecule has 1 fully saturated rings. The van der Waals surface area contributed by atoms with Gasteiger partial charge in [-0.05, 0) is 25.8 Å². The Morgan fingerprint density at radius 1 is 1.67 bits per heavy atom.